The van der Waals surface area contributed by atoms with Crippen LogP contribution in [0, 0.1) is 0 Å². The lowest BCUT2D eigenvalue weighted by molar-refractivity contribution is 0.174. The number of rotatable bonds is 4. The summed E-state index contributed by atoms with van der Waals surface area (Å²) in [7, 11) is 0. The van der Waals surface area contributed by atoms with Crippen LogP contribution in [0.15, 0.2) is 48.8 Å². The Hall–Kier alpha value is -2.82. The van der Waals surface area contributed by atoms with Gasteiger partial charge >= 0.3 is 0 Å². The third-order valence-electron chi connectivity index (χ3n) is 4.01. The van der Waals surface area contributed by atoms with E-state index in [2.05, 4.69) is 33.9 Å². The molecule has 1 aromatic heterocycles. The van der Waals surface area contributed by atoms with Gasteiger partial charge in [0.25, 0.3) is 0 Å². The van der Waals surface area contributed by atoms with Crippen molar-refractivity contribution >= 4 is 16.7 Å². The first-order valence-corrected chi connectivity index (χ1v) is 7.68. The molecule has 4 rings (SSSR count). The molecule has 116 valence electrons. The topological polar surface area (TPSA) is 47.5 Å². The predicted octanol–water partition coefficient (Wildman–Crippen LogP) is 3.39. The second kappa shape index (κ2) is 5.76. The third kappa shape index (κ3) is 2.54. The summed E-state index contributed by atoms with van der Waals surface area (Å²) in [6.45, 7) is 4.04. The minimum Gasteiger partial charge on any atom is -0.454 e. The maximum atomic E-state index is 5.46. The van der Waals surface area contributed by atoms with Gasteiger partial charge in [-0.25, -0.2) is 9.97 Å². The fraction of sp³-hybridized carbons (Fsp3) is 0.222. The van der Waals surface area contributed by atoms with Crippen molar-refractivity contribution in [1.29, 1.82) is 0 Å². The van der Waals surface area contributed by atoms with Crippen LogP contribution < -0.4 is 14.4 Å². The van der Waals surface area contributed by atoms with Gasteiger partial charge in [-0.1, -0.05) is 18.2 Å². The van der Waals surface area contributed by atoms with Crippen LogP contribution in [0.4, 0.5) is 5.82 Å². The van der Waals surface area contributed by atoms with Crippen LogP contribution in [0.3, 0.4) is 0 Å². The molecule has 23 heavy (non-hydrogen) atoms. The zero-order chi connectivity index (χ0) is 15.6. The van der Waals surface area contributed by atoms with E-state index in [1.165, 1.54) is 5.56 Å². The fourth-order valence-electron chi connectivity index (χ4n) is 2.84. The average molecular weight is 307 g/mol. The third-order valence-corrected chi connectivity index (χ3v) is 4.01. The molecule has 0 bridgehead atoms. The standard InChI is InChI=1S/C18H17N3O2/c1-2-21(10-13-7-8-16-17(9-13)23-12-22-16)18-14-5-3-4-6-15(14)19-11-20-18/h3-9,11H,2,10,12H2,1H3. The lowest BCUT2D eigenvalue weighted by atomic mass is 10.1. The highest BCUT2D eigenvalue weighted by Crippen LogP contribution is 2.33. The zero-order valence-electron chi connectivity index (χ0n) is 12.9. The maximum Gasteiger partial charge on any atom is 0.231 e. The molecule has 5 nitrogen and oxygen atoms in total. The molecule has 0 saturated heterocycles. The summed E-state index contributed by atoms with van der Waals surface area (Å²) >= 11 is 0. The Bertz CT molecular complexity index is 845. The van der Waals surface area contributed by atoms with Gasteiger partial charge in [-0.3, -0.25) is 0 Å². The highest BCUT2D eigenvalue weighted by atomic mass is 16.7. The lowest BCUT2D eigenvalue weighted by Gasteiger charge is -2.23. The molecule has 0 radical (unpaired) electrons. The maximum absolute atomic E-state index is 5.46. The molecule has 0 spiro atoms. The number of benzene rings is 2. The normalized spacial score (nSPS) is 12.6. The van der Waals surface area contributed by atoms with Crippen LogP contribution in [-0.2, 0) is 6.54 Å². The van der Waals surface area contributed by atoms with Crippen molar-refractivity contribution in [2.24, 2.45) is 0 Å². The highest BCUT2D eigenvalue weighted by molar-refractivity contribution is 5.89. The molecule has 3 aromatic rings. The van der Waals surface area contributed by atoms with E-state index >= 15 is 0 Å². The molecule has 0 unspecified atom stereocenters. The Kier molecular flexibility index (Phi) is 3.46. The molecule has 0 aliphatic carbocycles. The van der Waals surface area contributed by atoms with Crippen molar-refractivity contribution in [2.45, 2.75) is 13.5 Å². The summed E-state index contributed by atoms with van der Waals surface area (Å²) < 4.78 is 10.8. The van der Waals surface area contributed by atoms with Crippen LogP contribution in [0.25, 0.3) is 10.9 Å². The molecule has 2 aromatic carbocycles. The van der Waals surface area contributed by atoms with Crippen LogP contribution in [0.5, 0.6) is 11.5 Å². The molecule has 1 aliphatic heterocycles. The Morgan fingerprint density at radius 2 is 1.91 bits per heavy atom. The summed E-state index contributed by atoms with van der Waals surface area (Å²) in [5.74, 6) is 2.58. The van der Waals surface area contributed by atoms with Crippen LogP contribution >= 0.6 is 0 Å². The number of para-hydroxylation sites is 1. The molecule has 0 fully saturated rings. The summed E-state index contributed by atoms with van der Waals surface area (Å²) in [4.78, 5) is 11.1. The van der Waals surface area contributed by atoms with Crippen molar-refractivity contribution in [3.63, 3.8) is 0 Å². The van der Waals surface area contributed by atoms with Gasteiger partial charge in [0.1, 0.15) is 12.1 Å². The molecular weight excluding hydrogens is 290 g/mol. The minimum atomic E-state index is 0.298. The second-order valence-corrected chi connectivity index (χ2v) is 5.42. The minimum absolute atomic E-state index is 0.298. The van der Waals surface area contributed by atoms with Crippen LogP contribution in [0.2, 0.25) is 0 Å². The van der Waals surface area contributed by atoms with Crippen molar-refractivity contribution in [1.82, 2.24) is 9.97 Å². The molecule has 5 heteroatoms. The number of hydrogen-bond acceptors (Lipinski definition) is 5. The van der Waals surface area contributed by atoms with E-state index in [9.17, 15) is 0 Å². The Morgan fingerprint density at radius 1 is 1.04 bits per heavy atom. The first-order valence-electron chi connectivity index (χ1n) is 7.68. The van der Waals surface area contributed by atoms with Crippen molar-refractivity contribution in [3.8, 4) is 11.5 Å². The van der Waals surface area contributed by atoms with Gasteiger partial charge in [0, 0.05) is 18.5 Å². The quantitative estimate of drug-likeness (QED) is 0.739. The first kappa shape index (κ1) is 13.8. The van der Waals surface area contributed by atoms with E-state index in [0.29, 0.717) is 6.79 Å². The number of anilines is 1. The first-order chi connectivity index (χ1) is 11.3. The molecule has 0 saturated carbocycles. The van der Waals surface area contributed by atoms with Gasteiger partial charge in [-0.05, 0) is 36.8 Å². The number of nitrogens with zero attached hydrogens (tertiary/aromatic N) is 3. The summed E-state index contributed by atoms with van der Waals surface area (Å²) in [6.07, 6.45) is 1.62. The van der Waals surface area contributed by atoms with Crippen molar-refractivity contribution in [2.75, 3.05) is 18.2 Å². The fourth-order valence-corrected chi connectivity index (χ4v) is 2.84. The van der Waals surface area contributed by atoms with Gasteiger partial charge in [-0.2, -0.15) is 0 Å². The van der Waals surface area contributed by atoms with E-state index in [-0.39, 0.29) is 0 Å². The van der Waals surface area contributed by atoms with Crippen molar-refractivity contribution in [3.05, 3.63) is 54.4 Å². The van der Waals surface area contributed by atoms with E-state index in [1.54, 1.807) is 6.33 Å². The monoisotopic (exact) mass is 307 g/mol. The molecule has 1 aliphatic rings. The molecule has 0 amide bonds. The SMILES string of the molecule is CCN(Cc1ccc2c(c1)OCO2)c1ncnc2ccccc12. The highest BCUT2D eigenvalue weighted by Gasteiger charge is 2.16. The Morgan fingerprint density at radius 3 is 2.83 bits per heavy atom. The van der Waals surface area contributed by atoms with Gasteiger partial charge in [0.05, 0.1) is 5.52 Å². The van der Waals surface area contributed by atoms with E-state index in [4.69, 9.17) is 9.47 Å². The average Bonchev–Trinajstić information content (AvgIpc) is 3.07. The van der Waals surface area contributed by atoms with Gasteiger partial charge < -0.3 is 14.4 Å². The number of ether oxygens (including phenoxy) is 2. The summed E-state index contributed by atoms with van der Waals surface area (Å²) in [5.41, 5.74) is 2.13. The summed E-state index contributed by atoms with van der Waals surface area (Å²) in [5, 5.41) is 1.07. The molecular formula is C18H17N3O2. The summed E-state index contributed by atoms with van der Waals surface area (Å²) in [6, 6.07) is 14.1. The van der Waals surface area contributed by atoms with Crippen LogP contribution in [-0.4, -0.2) is 23.3 Å². The van der Waals surface area contributed by atoms with E-state index < -0.39 is 0 Å². The van der Waals surface area contributed by atoms with Gasteiger partial charge in [0.2, 0.25) is 6.79 Å². The Balaban J connectivity index is 1.68. The zero-order valence-corrected chi connectivity index (χ0v) is 12.9. The Labute approximate surface area is 134 Å². The van der Waals surface area contributed by atoms with E-state index in [0.717, 1.165) is 41.3 Å². The number of fused-ring (bicyclic) bond motifs is 2. The number of aromatic nitrogens is 2. The number of hydrogen-bond donors (Lipinski definition) is 0. The van der Waals surface area contributed by atoms with E-state index in [1.807, 2.05) is 30.3 Å². The van der Waals surface area contributed by atoms with Gasteiger partial charge in [-0.15, -0.1) is 0 Å². The smallest absolute Gasteiger partial charge is 0.231 e. The second-order valence-electron chi connectivity index (χ2n) is 5.42. The van der Waals surface area contributed by atoms with Gasteiger partial charge in [0.15, 0.2) is 11.5 Å². The van der Waals surface area contributed by atoms with Crippen molar-refractivity contribution < 1.29 is 9.47 Å². The molecule has 0 atom stereocenters. The predicted molar refractivity (Wildman–Crippen MR) is 88.8 cm³/mol. The molecule has 2 heterocycles. The van der Waals surface area contributed by atoms with Crippen LogP contribution in [0.1, 0.15) is 12.5 Å². The molecule has 0 N–H and O–H groups in total. The lowest BCUT2D eigenvalue weighted by Crippen LogP contribution is -2.23. The largest absolute Gasteiger partial charge is 0.454 e.